The minimum Gasteiger partial charge on any atom is -0.487 e. The summed E-state index contributed by atoms with van der Waals surface area (Å²) in [7, 11) is 0. The van der Waals surface area contributed by atoms with E-state index in [2.05, 4.69) is 19.2 Å². The third-order valence-electron chi connectivity index (χ3n) is 3.50. The zero-order valence-corrected chi connectivity index (χ0v) is 12.2. The molecule has 0 radical (unpaired) electrons. The van der Waals surface area contributed by atoms with Crippen molar-refractivity contribution in [1.82, 2.24) is 5.32 Å². The Bertz CT molecular complexity index is 419. The predicted molar refractivity (Wildman–Crippen MR) is 76.3 cm³/mol. The van der Waals surface area contributed by atoms with E-state index in [1.54, 1.807) is 12.1 Å². The van der Waals surface area contributed by atoms with Crippen LogP contribution in [0.25, 0.3) is 0 Å². The molecule has 1 aromatic rings. The van der Waals surface area contributed by atoms with Gasteiger partial charge in [-0.2, -0.15) is 0 Å². The first-order valence-corrected chi connectivity index (χ1v) is 7.26. The molecule has 0 saturated carbocycles. The second-order valence-corrected chi connectivity index (χ2v) is 6.05. The fraction of sp³-hybridized carbons (Fsp3) is 0.600. The maximum absolute atomic E-state index is 13.8. The van der Waals surface area contributed by atoms with Crippen molar-refractivity contribution in [2.24, 2.45) is 11.8 Å². The zero-order chi connectivity index (χ0) is 13.8. The quantitative estimate of drug-likeness (QED) is 0.886. The molecule has 0 spiro atoms. The molecule has 2 rings (SSSR count). The van der Waals surface area contributed by atoms with Gasteiger partial charge in [0.1, 0.15) is 6.10 Å². The minimum atomic E-state index is -0.382. The van der Waals surface area contributed by atoms with Gasteiger partial charge in [-0.1, -0.05) is 25.4 Å². The molecule has 19 heavy (non-hydrogen) atoms. The summed E-state index contributed by atoms with van der Waals surface area (Å²) in [4.78, 5) is 0. The van der Waals surface area contributed by atoms with Crippen LogP contribution in [0.15, 0.2) is 18.2 Å². The summed E-state index contributed by atoms with van der Waals surface area (Å²) in [5.41, 5.74) is 0. The van der Waals surface area contributed by atoms with Crippen LogP contribution in [0.2, 0.25) is 5.02 Å². The number of nitrogens with one attached hydrogen (secondary N) is 1. The van der Waals surface area contributed by atoms with Crippen molar-refractivity contribution in [3.63, 3.8) is 0 Å². The Morgan fingerprint density at radius 3 is 2.84 bits per heavy atom. The van der Waals surface area contributed by atoms with Crippen LogP contribution in [0.5, 0.6) is 5.75 Å². The van der Waals surface area contributed by atoms with Crippen molar-refractivity contribution in [2.75, 3.05) is 13.1 Å². The Kier molecular flexibility index (Phi) is 5.06. The maximum atomic E-state index is 13.8. The number of hydrogen-bond donors (Lipinski definition) is 1. The third-order valence-corrected chi connectivity index (χ3v) is 3.74. The summed E-state index contributed by atoms with van der Waals surface area (Å²) < 4.78 is 19.7. The summed E-state index contributed by atoms with van der Waals surface area (Å²) in [6, 6.07) is 4.59. The van der Waals surface area contributed by atoms with E-state index in [0.717, 1.165) is 25.9 Å². The van der Waals surface area contributed by atoms with Crippen LogP contribution < -0.4 is 10.1 Å². The van der Waals surface area contributed by atoms with Gasteiger partial charge >= 0.3 is 0 Å². The van der Waals surface area contributed by atoms with Gasteiger partial charge in [-0.15, -0.1) is 0 Å². The van der Waals surface area contributed by atoms with Crippen LogP contribution in [0, 0.1) is 17.7 Å². The molecule has 2 nitrogen and oxygen atoms in total. The summed E-state index contributed by atoms with van der Waals surface area (Å²) in [5.74, 6) is 0.910. The van der Waals surface area contributed by atoms with Gasteiger partial charge in [0.15, 0.2) is 11.6 Å². The molecule has 1 heterocycles. The fourth-order valence-corrected chi connectivity index (χ4v) is 2.69. The fourth-order valence-electron chi connectivity index (χ4n) is 2.53. The Balaban J connectivity index is 2.09. The summed E-state index contributed by atoms with van der Waals surface area (Å²) in [6.07, 6.45) is 2.09. The molecule has 1 aliphatic heterocycles. The van der Waals surface area contributed by atoms with Crippen molar-refractivity contribution in [3.8, 4) is 5.75 Å². The molecule has 1 N–H and O–H groups in total. The van der Waals surface area contributed by atoms with E-state index >= 15 is 0 Å². The van der Waals surface area contributed by atoms with Gasteiger partial charge in [-0.05, 0) is 43.5 Å². The van der Waals surface area contributed by atoms with E-state index < -0.39 is 0 Å². The summed E-state index contributed by atoms with van der Waals surface area (Å²) in [5, 5.41) is 3.74. The zero-order valence-electron chi connectivity index (χ0n) is 11.5. The average molecular weight is 286 g/mol. The molecule has 0 unspecified atom stereocenters. The largest absolute Gasteiger partial charge is 0.487 e. The monoisotopic (exact) mass is 285 g/mol. The summed E-state index contributed by atoms with van der Waals surface area (Å²) in [6.45, 7) is 6.30. The lowest BCUT2D eigenvalue weighted by atomic mass is 9.93. The van der Waals surface area contributed by atoms with E-state index in [1.807, 2.05) is 0 Å². The molecular weight excluding hydrogens is 265 g/mol. The SMILES string of the molecule is CC(C)C[C@@H](Oc1ccc(Cl)cc1F)[C@H]1CCNC1. The highest BCUT2D eigenvalue weighted by Crippen LogP contribution is 2.28. The highest BCUT2D eigenvalue weighted by molar-refractivity contribution is 6.30. The first-order valence-electron chi connectivity index (χ1n) is 6.88. The molecule has 1 fully saturated rings. The van der Waals surface area contributed by atoms with Crippen LogP contribution in [0.4, 0.5) is 4.39 Å². The number of benzene rings is 1. The molecule has 0 amide bonds. The number of ether oxygens (including phenoxy) is 1. The van der Waals surface area contributed by atoms with Crippen LogP contribution in [-0.4, -0.2) is 19.2 Å². The lowest BCUT2D eigenvalue weighted by Crippen LogP contribution is -2.30. The normalized spacial score (nSPS) is 20.8. The van der Waals surface area contributed by atoms with E-state index in [-0.39, 0.29) is 11.9 Å². The molecule has 106 valence electrons. The third kappa shape index (κ3) is 4.08. The van der Waals surface area contributed by atoms with E-state index in [4.69, 9.17) is 16.3 Å². The minimum absolute atomic E-state index is 0.0608. The van der Waals surface area contributed by atoms with Gasteiger partial charge < -0.3 is 10.1 Å². The Morgan fingerprint density at radius 2 is 2.26 bits per heavy atom. The second kappa shape index (κ2) is 6.58. The Hall–Kier alpha value is -0.800. The maximum Gasteiger partial charge on any atom is 0.166 e. The van der Waals surface area contributed by atoms with Crippen LogP contribution >= 0.6 is 11.6 Å². The Morgan fingerprint density at radius 1 is 1.47 bits per heavy atom. The number of rotatable bonds is 5. The molecule has 4 heteroatoms. The highest BCUT2D eigenvalue weighted by Gasteiger charge is 2.27. The molecule has 1 aliphatic rings. The van der Waals surface area contributed by atoms with Crippen LogP contribution in [-0.2, 0) is 0 Å². The molecule has 1 aromatic carbocycles. The van der Waals surface area contributed by atoms with E-state index in [9.17, 15) is 4.39 Å². The van der Waals surface area contributed by atoms with Gasteiger partial charge in [-0.3, -0.25) is 0 Å². The van der Waals surface area contributed by atoms with Crippen molar-refractivity contribution in [2.45, 2.75) is 32.8 Å². The second-order valence-electron chi connectivity index (χ2n) is 5.61. The molecule has 0 bridgehead atoms. The van der Waals surface area contributed by atoms with Gasteiger partial charge in [0.05, 0.1) is 0 Å². The predicted octanol–water partition coefficient (Wildman–Crippen LogP) is 3.88. The van der Waals surface area contributed by atoms with Gasteiger partial charge in [0.2, 0.25) is 0 Å². The van der Waals surface area contributed by atoms with Gasteiger partial charge in [0, 0.05) is 17.5 Å². The van der Waals surface area contributed by atoms with E-state index in [0.29, 0.717) is 22.6 Å². The molecule has 1 saturated heterocycles. The standard InChI is InChI=1S/C15H21ClFNO/c1-10(2)7-15(11-5-6-18-9-11)19-14-4-3-12(16)8-13(14)17/h3-4,8,10-11,15,18H,5-7,9H2,1-2H3/t11-,15+/m0/s1. The van der Waals surface area contributed by atoms with Crippen molar-refractivity contribution >= 4 is 11.6 Å². The topological polar surface area (TPSA) is 21.3 Å². The van der Waals surface area contributed by atoms with Crippen LogP contribution in [0.3, 0.4) is 0 Å². The highest BCUT2D eigenvalue weighted by atomic mass is 35.5. The average Bonchev–Trinajstić information content (AvgIpc) is 2.84. The first kappa shape index (κ1) is 14.6. The Labute approximate surface area is 119 Å². The molecular formula is C15H21ClFNO. The van der Waals surface area contributed by atoms with Crippen molar-refractivity contribution in [3.05, 3.63) is 29.0 Å². The van der Waals surface area contributed by atoms with Gasteiger partial charge in [-0.25, -0.2) is 4.39 Å². The first-order chi connectivity index (χ1) is 9.06. The van der Waals surface area contributed by atoms with Crippen molar-refractivity contribution in [1.29, 1.82) is 0 Å². The smallest absolute Gasteiger partial charge is 0.166 e. The van der Waals surface area contributed by atoms with Gasteiger partial charge in [0.25, 0.3) is 0 Å². The van der Waals surface area contributed by atoms with Crippen LogP contribution in [0.1, 0.15) is 26.7 Å². The van der Waals surface area contributed by atoms with E-state index in [1.165, 1.54) is 6.07 Å². The molecule has 0 aliphatic carbocycles. The number of halogens is 2. The lowest BCUT2D eigenvalue weighted by Gasteiger charge is -2.26. The molecule has 0 aromatic heterocycles. The van der Waals surface area contributed by atoms with Crippen molar-refractivity contribution < 1.29 is 9.13 Å². The summed E-state index contributed by atoms with van der Waals surface area (Å²) >= 11 is 5.76. The lowest BCUT2D eigenvalue weighted by molar-refractivity contribution is 0.114. The molecule has 2 atom stereocenters. The number of hydrogen-bond acceptors (Lipinski definition) is 2.